The Morgan fingerprint density at radius 1 is 1.33 bits per heavy atom. The third-order valence-electron chi connectivity index (χ3n) is 4.93. The molecule has 2 aliphatic rings. The second kappa shape index (κ2) is 5.88. The Morgan fingerprint density at radius 2 is 2.14 bits per heavy atom. The van der Waals surface area contributed by atoms with Gasteiger partial charge in [0.25, 0.3) is 0 Å². The summed E-state index contributed by atoms with van der Waals surface area (Å²) in [4.78, 5) is 14.9. The lowest BCUT2D eigenvalue weighted by molar-refractivity contribution is -0.141. The van der Waals surface area contributed by atoms with Crippen molar-refractivity contribution in [3.05, 3.63) is 18.5 Å². The molecule has 21 heavy (non-hydrogen) atoms. The molecule has 5 nitrogen and oxygen atoms in total. The zero-order chi connectivity index (χ0) is 14.7. The standard InChI is InChI=1S/C16H22N4O/c17-13-16(7-2-1-3-8-16)15(21)20-11-4-6-14(20)12-19-10-5-9-18-19/h5,9-10,14H,1-4,6-8,11-12H2/t14-/m0/s1. The Hall–Kier alpha value is -1.83. The van der Waals surface area contributed by atoms with Gasteiger partial charge in [-0.05, 0) is 31.7 Å². The zero-order valence-electron chi connectivity index (χ0n) is 12.4. The van der Waals surface area contributed by atoms with Gasteiger partial charge in [0, 0.05) is 18.9 Å². The van der Waals surface area contributed by atoms with E-state index in [1.165, 1.54) is 0 Å². The van der Waals surface area contributed by atoms with E-state index in [1.807, 2.05) is 21.8 Å². The Morgan fingerprint density at radius 3 is 2.81 bits per heavy atom. The van der Waals surface area contributed by atoms with Gasteiger partial charge >= 0.3 is 0 Å². The molecule has 0 aromatic carbocycles. The van der Waals surface area contributed by atoms with Crippen molar-refractivity contribution < 1.29 is 4.79 Å². The molecule has 1 amide bonds. The summed E-state index contributed by atoms with van der Waals surface area (Å²) in [5, 5.41) is 13.8. The SMILES string of the molecule is N#CC1(C(=O)N2CCC[C@H]2Cn2cccn2)CCCCC1. The molecule has 0 spiro atoms. The Labute approximate surface area is 125 Å². The number of carbonyl (C=O) groups excluding carboxylic acids is 1. The van der Waals surface area contributed by atoms with Crippen molar-refractivity contribution in [2.45, 2.75) is 57.5 Å². The lowest BCUT2D eigenvalue weighted by Crippen LogP contribution is -2.47. The van der Waals surface area contributed by atoms with Crippen molar-refractivity contribution in [3.8, 4) is 6.07 Å². The normalized spacial score (nSPS) is 24.7. The number of carbonyl (C=O) groups is 1. The van der Waals surface area contributed by atoms with E-state index in [0.29, 0.717) is 0 Å². The summed E-state index contributed by atoms with van der Waals surface area (Å²) in [6, 6.07) is 4.45. The van der Waals surface area contributed by atoms with Gasteiger partial charge in [-0.2, -0.15) is 10.4 Å². The van der Waals surface area contributed by atoms with Crippen molar-refractivity contribution in [1.82, 2.24) is 14.7 Å². The summed E-state index contributed by atoms with van der Waals surface area (Å²) in [6.45, 7) is 1.52. The van der Waals surface area contributed by atoms with Crippen LogP contribution in [0.3, 0.4) is 0 Å². The lowest BCUT2D eigenvalue weighted by Gasteiger charge is -2.35. The van der Waals surface area contributed by atoms with Crippen molar-refractivity contribution >= 4 is 5.91 Å². The maximum Gasteiger partial charge on any atom is 0.243 e. The molecule has 5 heteroatoms. The number of rotatable bonds is 3. The van der Waals surface area contributed by atoms with Gasteiger partial charge in [0.2, 0.25) is 5.91 Å². The van der Waals surface area contributed by atoms with Crippen molar-refractivity contribution in [2.75, 3.05) is 6.54 Å². The first kappa shape index (κ1) is 14.1. The first-order chi connectivity index (χ1) is 10.2. The third kappa shape index (κ3) is 2.67. The Bertz CT molecular complexity index is 525. The number of amides is 1. The van der Waals surface area contributed by atoms with Crippen molar-refractivity contribution in [2.24, 2.45) is 5.41 Å². The number of aromatic nitrogens is 2. The van der Waals surface area contributed by atoms with Crippen LogP contribution in [0.1, 0.15) is 44.9 Å². The third-order valence-corrected chi connectivity index (χ3v) is 4.93. The first-order valence-corrected chi connectivity index (χ1v) is 7.95. The molecule has 1 aliphatic carbocycles. The van der Waals surface area contributed by atoms with Gasteiger partial charge in [-0.3, -0.25) is 9.48 Å². The van der Waals surface area contributed by atoms with Gasteiger partial charge in [0.1, 0.15) is 5.41 Å². The van der Waals surface area contributed by atoms with Gasteiger partial charge in [-0.25, -0.2) is 0 Å². The highest BCUT2D eigenvalue weighted by Gasteiger charge is 2.45. The molecule has 0 unspecified atom stereocenters. The minimum absolute atomic E-state index is 0.0688. The molecule has 1 aromatic rings. The summed E-state index contributed by atoms with van der Waals surface area (Å²) in [6.07, 6.45) is 10.3. The summed E-state index contributed by atoms with van der Waals surface area (Å²) in [5.74, 6) is 0.0688. The van der Waals surface area contributed by atoms with E-state index in [2.05, 4.69) is 11.2 Å². The number of hydrogen-bond donors (Lipinski definition) is 0. The summed E-state index contributed by atoms with van der Waals surface area (Å²) < 4.78 is 1.89. The number of hydrogen-bond acceptors (Lipinski definition) is 3. The summed E-state index contributed by atoms with van der Waals surface area (Å²) in [5.41, 5.74) is -0.759. The van der Waals surface area contributed by atoms with Crippen molar-refractivity contribution in [3.63, 3.8) is 0 Å². The molecular weight excluding hydrogens is 264 g/mol. The van der Waals surface area contributed by atoms with Crippen molar-refractivity contribution in [1.29, 1.82) is 5.26 Å². The zero-order valence-corrected chi connectivity index (χ0v) is 12.4. The first-order valence-electron chi connectivity index (χ1n) is 7.95. The molecular formula is C16H22N4O. The average Bonchev–Trinajstić information content (AvgIpc) is 3.19. The van der Waals surface area contributed by atoms with Gasteiger partial charge in [-0.15, -0.1) is 0 Å². The van der Waals surface area contributed by atoms with Gasteiger partial charge in [0.05, 0.1) is 18.7 Å². The average molecular weight is 286 g/mol. The van der Waals surface area contributed by atoms with Crippen LogP contribution in [0, 0.1) is 16.7 Å². The predicted molar refractivity (Wildman–Crippen MR) is 78.1 cm³/mol. The molecule has 2 heterocycles. The van der Waals surface area contributed by atoms with Crippen LogP contribution in [0.2, 0.25) is 0 Å². The van der Waals surface area contributed by atoms with Crippen LogP contribution < -0.4 is 0 Å². The van der Waals surface area contributed by atoms with Crippen LogP contribution in [0.5, 0.6) is 0 Å². The molecule has 0 bridgehead atoms. The van der Waals surface area contributed by atoms with Crippen LogP contribution in [0.4, 0.5) is 0 Å². The van der Waals surface area contributed by atoms with E-state index in [4.69, 9.17) is 0 Å². The molecule has 0 radical (unpaired) electrons. The summed E-state index contributed by atoms with van der Waals surface area (Å²) >= 11 is 0. The molecule has 1 saturated carbocycles. The fourth-order valence-electron chi connectivity index (χ4n) is 3.72. The highest BCUT2D eigenvalue weighted by atomic mass is 16.2. The molecule has 1 aromatic heterocycles. The molecule has 2 fully saturated rings. The maximum atomic E-state index is 13.0. The minimum atomic E-state index is -0.759. The highest BCUT2D eigenvalue weighted by molar-refractivity contribution is 5.86. The van der Waals surface area contributed by atoms with Crippen LogP contribution in [-0.4, -0.2) is 33.2 Å². The van der Waals surface area contributed by atoms with Crippen LogP contribution in [0.25, 0.3) is 0 Å². The lowest BCUT2D eigenvalue weighted by atomic mass is 9.74. The second-order valence-electron chi connectivity index (χ2n) is 6.28. The number of nitrogens with zero attached hydrogens (tertiary/aromatic N) is 4. The fraction of sp³-hybridized carbons (Fsp3) is 0.688. The smallest absolute Gasteiger partial charge is 0.243 e. The van der Waals surface area contributed by atoms with E-state index in [1.54, 1.807) is 6.20 Å². The molecule has 3 rings (SSSR count). The number of nitriles is 1. The van der Waals surface area contributed by atoms with Gasteiger partial charge in [0.15, 0.2) is 0 Å². The van der Waals surface area contributed by atoms with E-state index in [0.717, 1.165) is 58.0 Å². The van der Waals surface area contributed by atoms with E-state index < -0.39 is 5.41 Å². The molecule has 112 valence electrons. The monoisotopic (exact) mass is 286 g/mol. The van der Waals surface area contributed by atoms with Gasteiger partial charge < -0.3 is 4.90 Å². The van der Waals surface area contributed by atoms with E-state index in [9.17, 15) is 10.1 Å². The Balaban J connectivity index is 1.74. The molecule has 1 atom stereocenters. The Kier molecular flexibility index (Phi) is 3.96. The number of likely N-dealkylation sites (tertiary alicyclic amines) is 1. The quantitative estimate of drug-likeness (QED) is 0.857. The largest absolute Gasteiger partial charge is 0.336 e. The maximum absolute atomic E-state index is 13.0. The second-order valence-corrected chi connectivity index (χ2v) is 6.28. The topological polar surface area (TPSA) is 61.9 Å². The van der Waals surface area contributed by atoms with Crippen LogP contribution >= 0.6 is 0 Å². The minimum Gasteiger partial charge on any atom is -0.336 e. The van der Waals surface area contributed by atoms with E-state index in [-0.39, 0.29) is 11.9 Å². The van der Waals surface area contributed by atoms with Crippen LogP contribution in [0.15, 0.2) is 18.5 Å². The van der Waals surface area contributed by atoms with Gasteiger partial charge in [-0.1, -0.05) is 19.3 Å². The van der Waals surface area contributed by atoms with E-state index >= 15 is 0 Å². The predicted octanol–water partition coefficient (Wildman–Crippen LogP) is 2.35. The molecule has 0 N–H and O–H groups in total. The summed E-state index contributed by atoms with van der Waals surface area (Å²) in [7, 11) is 0. The highest BCUT2D eigenvalue weighted by Crippen LogP contribution is 2.39. The molecule has 1 aliphatic heterocycles. The fourth-order valence-corrected chi connectivity index (χ4v) is 3.72. The van der Waals surface area contributed by atoms with Crippen LogP contribution in [-0.2, 0) is 11.3 Å². The molecule has 1 saturated heterocycles.